The highest BCUT2D eigenvalue weighted by Gasteiger charge is 2.22. The van der Waals surface area contributed by atoms with Crippen LogP contribution in [0.25, 0.3) is 5.69 Å². The molecule has 0 saturated carbocycles. The molecule has 2 aromatic rings. The fourth-order valence-electron chi connectivity index (χ4n) is 2.35. The second-order valence-corrected chi connectivity index (χ2v) is 5.62. The number of carbonyl (C=O) groups is 1. The third-order valence-electron chi connectivity index (χ3n) is 3.61. The van der Waals surface area contributed by atoms with Crippen LogP contribution in [0.1, 0.15) is 10.4 Å². The van der Waals surface area contributed by atoms with Gasteiger partial charge in [-0.25, -0.2) is 13.8 Å². The zero-order chi connectivity index (χ0) is 16.6. The van der Waals surface area contributed by atoms with Gasteiger partial charge in [-0.3, -0.25) is 14.2 Å². The zero-order valence-corrected chi connectivity index (χ0v) is 12.6. The van der Waals surface area contributed by atoms with Crippen LogP contribution in [-0.2, 0) is 11.3 Å². The maximum absolute atomic E-state index is 13.1. The quantitative estimate of drug-likeness (QED) is 0.785. The van der Waals surface area contributed by atoms with E-state index in [4.69, 9.17) is 16.3 Å². The van der Waals surface area contributed by atoms with E-state index in [0.717, 1.165) is 16.7 Å². The van der Waals surface area contributed by atoms with Gasteiger partial charge in [0.2, 0.25) is 0 Å². The van der Waals surface area contributed by atoms with E-state index in [1.807, 2.05) is 0 Å². The Balaban J connectivity index is 2.19. The SMILES string of the molecule is O=C(Cl)c1cn(CC2COC2)c(=O)n(-c2ccc(F)cc2)c1=O. The van der Waals surface area contributed by atoms with E-state index in [1.165, 1.54) is 22.9 Å². The Morgan fingerprint density at radius 1 is 1.26 bits per heavy atom. The molecule has 1 fully saturated rings. The Labute approximate surface area is 134 Å². The minimum Gasteiger partial charge on any atom is -0.381 e. The van der Waals surface area contributed by atoms with Gasteiger partial charge in [-0.15, -0.1) is 0 Å². The van der Waals surface area contributed by atoms with Crippen LogP contribution in [0.5, 0.6) is 0 Å². The number of hydrogen-bond acceptors (Lipinski definition) is 4. The standard InChI is InChI=1S/C15H12ClFN2O4/c16-13(20)12-6-18(5-9-7-23-8-9)15(22)19(14(12)21)11-3-1-10(17)2-4-11/h1-4,6,9H,5,7-8H2. The molecule has 2 heterocycles. The van der Waals surface area contributed by atoms with E-state index in [9.17, 15) is 18.8 Å². The van der Waals surface area contributed by atoms with E-state index in [2.05, 4.69) is 0 Å². The molecule has 0 amide bonds. The normalized spacial score (nSPS) is 14.5. The molecular formula is C15H12ClFN2O4. The highest BCUT2D eigenvalue weighted by Crippen LogP contribution is 2.12. The summed E-state index contributed by atoms with van der Waals surface area (Å²) < 4.78 is 20.2. The molecule has 3 rings (SSSR count). The molecule has 0 radical (unpaired) electrons. The van der Waals surface area contributed by atoms with Gasteiger partial charge in [0.05, 0.1) is 18.9 Å². The lowest BCUT2D eigenvalue weighted by molar-refractivity contribution is -0.0400. The molecule has 1 saturated heterocycles. The first-order chi connectivity index (χ1) is 11.0. The summed E-state index contributed by atoms with van der Waals surface area (Å²) in [5.74, 6) is -0.372. The number of nitrogens with zero attached hydrogens (tertiary/aromatic N) is 2. The number of rotatable bonds is 4. The van der Waals surface area contributed by atoms with Crippen LogP contribution in [-0.4, -0.2) is 27.6 Å². The summed E-state index contributed by atoms with van der Waals surface area (Å²) in [6.07, 6.45) is 1.17. The average Bonchev–Trinajstić information content (AvgIpc) is 2.46. The van der Waals surface area contributed by atoms with Crippen molar-refractivity contribution in [3.05, 3.63) is 62.7 Å². The highest BCUT2D eigenvalue weighted by atomic mass is 35.5. The molecule has 6 nitrogen and oxygen atoms in total. The third-order valence-corrected chi connectivity index (χ3v) is 3.82. The molecule has 120 valence electrons. The van der Waals surface area contributed by atoms with Crippen LogP contribution in [0.4, 0.5) is 4.39 Å². The van der Waals surface area contributed by atoms with Crippen LogP contribution < -0.4 is 11.2 Å². The molecule has 0 spiro atoms. The molecule has 8 heteroatoms. The number of benzene rings is 1. The molecule has 1 aliphatic rings. The molecule has 0 N–H and O–H groups in total. The Kier molecular flexibility index (Phi) is 4.14. The summed E-state index contributed by atoms with van der Waals surface area (Å²) in [5.41, 5.74) is -1.59. The largest absolute Gasteiger partial charge is 0.381 e. The van der Waals surface area contributed by atoms with Gasteiger partial charge < -0.3 is 4.74 Å². The van der Waals surface area contributed by atoms with Gasteiger partial charge in [0.15, 0.2) is 0 Å². The van der Waals surface area contributed by atoms with Crippen molar-refractivity contribution in [1.82, 2.24) is 9.13 Å². The number of aromatic nitrogens is 2. The molecule has 23 heavy (non-hydrogen) atoms. The van der Waals surface area contributed by atoms with Crippen molar-refractivity contribution in [3.8, 4) is 5.69 Å². The predicted octanol–water partition coefficient (Wildman–Crippen LogP) is 1.16. The van der Waals surface area contributed by atoms with Crippen molar-refractivity contribution in [2.75, 3.05) is 13.2 Å². The first-order valence-electron chi connectivity index (χ1n) is 6.87. The van der Waals surface area contributed by atoms with E-state index in [0.29, 0.717) is 19.8 Å². The Hall–Kier alpha value is -2.25. The van der Waals surface area contributed by atoms with Crippen LogP contribution in [0.15, 0.2) is 40.1 Å². The summed E-state index contributed by atoms with van der Waals surface area (Å²) >= 11 is 5.45. The first kappa shape index (κ1) is 15.6. The summed E-state index contributed by atoms with van der Waals surface area (Å²) in [7, 11) is 0. The molecular weight excluding hydrogens is 327 g/mol. The minimum absolute atomic E-state index is 0.130. The lowest BCUT2D eigenvalue weighted by Gasteiger charge is -2.26. The molecule has 1 aromatic carbocycles. The highest BCUT2D eigenvalue weighted by molar-refractivity contribution is 6.67. The second kappa shape index (κ2) is 6.10. The minimum atomic E-state index is -0.954. The Morgan fingerprint density at radius 2 is 1.91 bits per heavy atom. The van der Waals surface area contributed by atoms with Gasteiger partial charge in [0.25, 0.3) is 10.8 Å². The van der Waals surface area contributed by atoms with Gasteiger partial charge in [0, 0.05) is 18.7 Å². The Bertz CT molecular complexity index is 869. The third kappa shape index (κ3) is 2.97. The summed E-state index contributed by atoms with van der Waals surface area (Å²) in [6.45, 7) is 1.32. The Morgan fingerprint density at radius 3 is 2.43 bits per heavy atom. The van der Waals surface area contributed by atoms with Gasteiger partial charge in [-0.2, -0.15) is 0 Å². The fraction of sp³-hybridized carbons (Fsp3) is 0.267. The van der Waals surface area contributed by atoms with Crippen LogP contribution in [0.3, 0.4) is 0 Å². The molecule has 0 unspecified atom stereocenters. The molecule has 0 bridgehead atoms. The van der Waals surface area contributed by atoms with E-state index in [1.54, 1.807) is 0 Å². The number of halogens is 2. The number of ether oxygens (including phenoxy) is 1. The summed E-state index contributed by atoms with van der Waals surface area (Å²) in [4.78, 5) is 36.4. The second-order valence-electron chi connectivity index (χ2n) is 5.27. The van der Waals surface area contributed by atoms with Crippen molar-refractivity contribution in [2.24, 2.45) is 5.92 Å². The first-order valence-corrected chi connectivity index (χ1v) is 7.25. The zero-order valence-electron chi connectivity index (χ0n) is 11.9. The van der Waals surface area contributed by atoms with Crippen molar-refractivity contribution in [2.45, 2.75) is 6.54 Å². The van der Waals surface area contributed by atoms with Gasteiger partial charge in [-0.1, -0.05) is 0 Å². The van der Waals surface area contributed by atoms with E-state index < -0.39 is 22.3 Å². The van der Waals surface area contributed by atoms with Crippen LogP contribution in [0.2, 0.25) is 0 Å². The fourth-order valence-corrected chi connectivity index (χ4v) is 2.48. The topological polar surface area (TPSA) is 70.3 Å². The number of carbonyl (C=O) groups excluding carboxylic acids is 1. The average molecular weight is 339 g/mol. The van der Waals surface area contributed by atoms with Crippen molar-refractivity contribution < 1.29 is 13.9 Å². The van der Waals surface area contributed by atoms with Crippen LogP contribution >= 0.6 is 11.6 Å². The van der Waals surface area contributed by atoms with Gasteiger partial charge >= 0.3 is 5.69 Å². The number of hydrogen-bond donors (Lipinski definition) is 0. The predicted molar refractivity (Wildman–Crippen MR) is 80.7 cm³/mol. The lowest BCUT2D eigenvalue weighted by Crippen LogP contribution is -2.43. The smallest absolute Gasteiger partial charge is 0.335 e. The summed E-state index contributed by atoms with van der Waals surface area (Å²) in [5, 5.41) is -0.954. The maximum Gasteiger partial charge on any atom is 0.335 e. The van der Waals surface area contributed by atoms with Gasteiger partial charge in [0.1, 0.15) is 11.4 Å². The van der Waals surface area contributed by atoms with E-state index in [-0.39, 0.29) is 17.2 Å². The molecule has 0 atom stereocenters. The molecule has 0 aliphatic carbocycles. The monoisotopic (exact) mass is 338 g/mol. The van der Waals surface area contributed by atoms with Crippen LogP contribution in [0, 0.1) is 11.7 Å². The summed E-state index contributed by atoms with van der Waals surface area (Å²) in [6, 6.07) is 4.83. The molecule has 1 aliphatic heterocycles. The van der Waals surface area contributed by atoms with Crippen molar-refractivity contribution in [3.63, 3.8) is 0 Å². The van der Waals surface area contributed by atoms with Crippen molar-refractivity contribution >= 4 is 16.8 Å². The van der Waals surface area contributed by atoms with E-state index >= 15 is 0 Å². The lowest BCUT2D eigenvalue weighted by atomic mass is 10.1. The maximum atomic E-state index is 13.1. The van der Waals surface area contributed by atoms with Crippen molar-refractivity contribution in [1.29, 1.82) is 0 Å². The van der Waals surface area contributed by atoms with Gasteiger partial charge in [-0.05, 0) is 35.9 Å². The molecule has 1 aromatic heterocycles.